The van der Waals surface area contributed by atoms with Crippen LogP contribution in [0.15, 0.2) is 60.7 Å². The first-order valence-electron chi connectivity index (χ1n) is 11.7. The lowest BCUT2D eigenvalue weighted by molar-refractivity contribution is -0.384. The van der Waals surface area contributed by atoms with Gasteiger partial charge in [-0.05, 0) is 61.6 Å². The van der Waals surface area contributed by atoms with Crippen LogP contribution in [0.3, 0.4) is 0 Å². The number of fused-ring (bicyclic) bond motifs is 1. The number of aromatic nitrogens is 1. The van der Waals surface area contributed by atoms with E-state index in [2.05, 4.69) is 12.2 Å². The summed E-state index contributed by atoms with van der Waals surface area (Å²) in [6.07, 6.45) is 2.01. The molecule has 1 fully saturated rings. The van der Waals surface area contributed by atoms with Crippen molar-refractivity contribution in [2.75, 3.05) is 23.3 Å². The van der Waals surface area contributed by atoms with E-state index in [1.807, 2.05) is 54.3 Å². The van der Waals surface area contributed by atoms with Crippen molar-refractivity contribution in [3.63, 3.8) is 0 Å². The molecule has 35 heavy (non-hydrogen) atoms. The number of rotatable bonds is 5. The Morgan fingerprint density at radius 1 is 1.11 bits per heavy atom. The molecule has 5 rings (SSSR count). The van der Waals surface area contributed by atoms with Gasteiger partial charge in [0.2, 0.25) is 0 Å². The predicted octanol–water partition coefficient (Wildman–Crippen LogP) is 6.67. The van der Waals surface area contributed by atoms with Gasteiger partial charge in [0.1, 0.15) is 10.7 Å². The van der Waals surface area contributed by atoms with E-state index in [0.29, 0.717) is 17.3 Å². The number of hydrogen-bond donors (Lipinski definition) is 1. The van der Waals surface area contributed by atoms with Gasteiger partial charge in [-0.2, -0.15) is 0 Å². The van der Waals surface area contributed by atoms with Crippen molar-refractivity contribution in [2.45, 2.75) is 26.7 Å². The number of thiazole rings is 1. The second-order valence-electron chi connectivity index (χ2n) is 9.05. The minimum Gasteiger partial charge on any atom is -0.366 e. The summed E-state index contributed by atoms with van der Waals surface area (Å²) >= 11 is 1.61. The summed E-state index contributed by atoms with van der Waals surface area (Å²) < 4.78 is 1.10. The number of hydrogen-bond acceptors (Lipinski definition) is 6. The van der Waals surface area contributed by atoms with Crippen LogP contribution in [0.1, 0.15) is 35.7 Å². The van der Waals surface area contributed by atoms with Crippen LogP contribution >= 0.6 is 11.3 Å². The Morgan fingerprint density at radius 3 is 2.63 bits per heavy atom. The Hall–Kier alpha value is -3.78. The summed E-state index contributed by atoms with van der Waals surface area (Å²) in [5, 5.41) is 15.7. The third-order valence-electron chi connectivity index (χ3n) is 6.66. The standard InChI is InChI=1S/C27H26N4O3S/c1-17-12-14-30(15-13-17)23-11-10-19(16-24(23)31(33)34)26(32)28-21-8-5-6-20(18(21)2)27-29-22-7-3-4-9-25(22)35-27/h3-11,16-17H,12-15H2,1-2H3,(H,28,32). The number of carbonyl (C=O) groups is 1. The molecule has 4 aromatic rings. The number of para-hydroxylation sites is 1. The maximum Gasteiger partial charge on any atom is 0.293 e. The summed E-state index contributed by atoms with van der Waals surface area (Å²) in [5.74, 6) is 0.244. The average Bonchev–Trinajstić information content (AvgIpc) is 3.29. The van der Waals surface area contributed by atoms with Crippen molar-refractivity contribution in [1.82, 2.24) is 4.98 Å². The molecule has 1 aromatic heterocycles. The number of nitrogens with zero attached hydrogens (tertiary/aromatic N) is 3. The minimum atomic E-state index is -0.400. The van der Waals surface area contributed by atoms with Crippen LogP contribution in [0.2, 0.25) is 0 Å². The average molecular weight is 487 g/mol. The molecule has 0 bridgehead atoms. The molecule has 0 unspecified atom stereocenters. The molecule has 1 N–H and O–H groups in total. The van der Waals surface area contributed by atoms with Crippen LogP contribution in [0.25, 0.3) is 20.8 Å². The lowest BCUT2D eigenvalue weighted by Gasteiger charge is -2.31. The molecule has 3 aromatic carbocycles. The highest BCUT2D eigenvalue weighted by Crippen LogP contribution is 2.35. The van der Waals surface area contributed by atoms with Crippen molar-refractivity contribution in [3.8, 4) is 10.6 Å². The van der Waals surface area contributed by atoms with E-state index in [1.165, 1.54) is 6.07 Å². The number of benzene rings is 3. The number of nitrogens with one attached hydrogen (secondary N) is 1. The summed E-state index contributed by atoms with van der Waals surface area (Å²) in [6, 6.07) is 18.4. The van der Waals surface area contributed by atoms with E-state index in [1.54, 1.807) is 23.5 Å². The molecule has 0 aliphatic carbocycles. The number of anilines is 2. The fourth-order valence-electron chi connectivity index (χ4n) is 4.51. The molecule has 0 radical (unpaired) electrons. The SMILES string of the molecule is Cc1c(NC(=O)c2ccc(N3CCC(C)CC3)c([N+](=O)[O-])c2)cccc1-c1nc2ccccc2s1. The number of nitro benzene ring substituents is 1. The Morgan fingerprint density at radius 2 is 1.89 bits per heavy atom. The third-order valence-corrected chi connectivity index (χ3v) is 7.73. The third kappa shape index (κ3) is 4.61. The zero-order chi connectivity index (χ0) is 24.5. The fourth-order valence-corrected chi connectivity index (χ4v) is 5.56. The van der Waals surface area contributed by atoms with Gasteiger partial charge < -0.3 is 10.2 Å². The largest absolute Gasteiger partial charge is 0.366 e. The van der Waals surface area contributed by atoms with Gasteiger partial charge in [-0.15, -0.1) is 11.3 Å². The van der Waals surface area contributed by atoms with Crippen molar-refractivity contribution in [3.05, 3.63) is 81.9 Å². The van der Waals surface area contributed by atoms with Crippen LogP contribution in [0.4, 0.5) is 17.1 Å². The maximum absolute atomic E-state index is 13.1. The Balaban J connectivity index is 1.41. The van der Waals surface area contributed by atoms with Crippen LogP contribution in [0.5, 0.6) is 0 Å². The monoisotopic (exact) mass is 486 g/mol. The first kappa shape index (κ1) is 23.0. The lowest BCUT2D eigenvalue weighted by Crippen LogP contribution is -2.33. The second-order valence-corrected chi connectivity index (χ2v) is 10.1. The predicted molar refractivity (Wildman–Crippen MR) is 141 cm³/mol. The summed E-state index contributed by atoms with van der Waals surface area (Å²) in [7, 11) is 0. The van der Waals surface area contributed by atoms with Gasteiger partial charge in [0.15, 0.2) is 0 Å². The molecule has 1 saturated heterocycles. The van der Waals surface area contributed by atoms with Gasteiger partial charge in [0.05, 0.1) is 15.1 Å². The Labute approximate surface area is 207 Å². The van der Waals surface area contributed by atoms with E-state index in [4.69, 9.17) is 4.98 Å². The van der Waals surface area contributed by atoms with Gasteiger partial charge in [0.25, 0.3) is 11.6 Å². The van der Waals surface area contributed by atoms with Gasteiger partial charge in [-0.1, -0.05) is 31.2 Å². The smallest absolute Gasteiger partial charge is 0.293 e. The zero-order valence-electron chi connectivity index (χ0n) is 19.7. The summed E-state index contributed by atoms with van der Waals surface area (Å²) in [5.41, 5.74) is 4.24. The van der Waals surface area contributed by atoms with Crippen LogP contribution in [-0.4, -0.2) is 28.9 Å². The highest BCUT2D eigenvalue weighted by atomic mass is 32.1. The van der Waals surface area contributed by atoms with Crippen LogP contribution in [-0.2, 0) is 0 Å². The van der Waals surface area contributed by atoms with E-state index >= 15 is 0 Å². The molecular weight excluding hydrogens is 460 g/mol. The fraction of sp³-hybridized carbons (Fsp3) is 0.259. The molecular formula is C27H26N4O3S. The molecule has 7 nitrogen and oxygen atoms in total. The van der Waals surface area contributed by atoms with E-state index in [-0.39, 0.29) is 17.2 Å². The molecule has 0 atom stereocenters. The van der Waals surface area contributed by atoms with E-state index < -0.39 is 4.92 Å². The Bertz CT molecular complexity index is 1390. The lowest BCUT2D eigenvalue weighted by atomic mass is 9.98. The first-order chi connectivity index (χ1) is 16.9. The molecule has 8 heteroatoms. The number of nitro groups is 1. The van der Waals surface area contributed by atoms with Crippen molar-refractivity contribution in [1.29, 1.82) is 0 Å². The molecule has 0 saturated carbocycles. The van der Waals surface area contributed by atoms with Gasteiger partial charge in [-0.25, -0.2) is 4.98 Å². The molecule has 2 heterocycles. The van der Waals surface area contributed by atoms with Crippen molar-refractivity contribution < 1.29 is 9.72 Å². The molecule has 1 amide bonds. The van der Waals surface area contributed by atoms with Crippen molar-refractivity contribution >= 4 is 44.5 Å². The highest BCUT2D eigenvalue weighted by molar-refractivity contribution is 7.21. The molecule has 0 spiro atoms. The van der Waals surface area contributed by atoms with Crippen LogP contribution < -0.4 is 10.2 Å². The molecule has 1 aliphatic heterocycles. The quantitative estimate of drug-likeness (QED) is 0.251. The summed E-state index contributed by atoms with van der Waals surface area (Å²) in [6.45, 7) is 5.71. The number of carbonyl (C=O) groups excluding carboxylic acids is 1. The second kappa shape index (κ2) is 9.46. The number of piperidine rings is 1. The topological polar surface area (TPSA) is 88.4 Å². The normalized spacial score (nSPS) is 14.3. The minimum absolute atomic E-state index is 0.0350. The van der Waals surface area contributed by atoms with Crippen LogP contribution in [0, 0.1) is 23.0 Å². The van der Waals surface area contributed by atoms with E-state index in [0.717, 1.165) is 52.3 Å². The molecule has 1 aliphatic rings. The van der Waals surface area contributed by atoms with E-state index in [9.17, 15) is 14.9 Å². The zero-order valence-corrected chi connectivity index (χ0v) is 20.5. The molecule has 178 valence electrons. The van der Waals surface area contributed by atoms with Crippen molar-refractivity contribution in [2.24, 2.45) is 5.92 Å². The van der Waals surface area contributed by atoms with Gasteiger partial charge >= 0.3 is 0 Å². The maximum atomic E-state index is 13.1. The highest BCUT2D eigenvalue weighted by Gasteiger charge is 2.25. The summed E-state index contributed by atoms with van der Waals surface area (Å²) in [4.78, 5) is 31.3. The Kier molecular flexibility index (Phi) is 6.21. The van der Waals surface area contributed by atoms with Gasteiger partial charge in [0, 0.05) is 36.0 Å². The van der Waals surface area contributed by atoms with Gasteiger partial charge in [-0.3, -0.25) is 14.9 Å². The number of amides is 1. The first-order valence-corrected chi connectivity index (χ1v) is 12.5.